The number of nitrogens with zero attached hydrogens (tertiary/aromatic N) is 1. The number of anilines is 1. The SMILES string of the molecule is Cc1cc(C(=O)N2CCCC(C)C2CO)ccc1NC(=O)CC(C)C. The number of hydrogen-bond acceptors (Lipinski definition) is 3. The van der Waals surface area contributed by atoms with Crippen molar-refractivity contribution in [2.24, 2.45) is 11.8 Å². The Morgan fingerprint density at radius 2 is 2.08 bits per heavy atom. The van der Waals surface area contributed by atoms with Crippen molar-refractivity contribution in [3.05, 3.63) is 29.3 Å². The molecule has 2 amide bonds. The van der Waals surface area contributed by atoms with Crippen LogP contribution in [0.25, 0.3) is 0 Å². The minimum atomic E-state index is -0.119. The zero-order valence-electron chi connectivity index (χ0n) is 15.7. The third-order valence-corrected chi connectivity index (χ3v) is 4.90. The quantitative estimate of drug-likeness (QED) is 0.860. The maximum absolute atomic E-state index is 12.9. The van der Waals surface area contributed by atoms with E-state index in [2.05, 4.69) is 12.2 Å². The molecule has 0 bridgehead atoms. The molecular weight excluding hydrogens is 316 g/mol. The molecule has 5 nitrogen and oxygen atoms in total. The first-order valence-corrected chi connectivity index (χ1v) is 9.15. The molecule has 1 aromatic carbocycles. The number of piperidine rings is 1. The Bertz CT molecular complexity index is 627. The summed E-state index contributed by atoms with van der Waals surface area (Å²) in [6.07, 6.45) is 2.48. The van der Waals surface area contributed by atoms with Crippen molar-refractivity contribution in [2.45, 2.75) is 53.0 Å². The molecule has 2 unspecified atom stereocenters. The summed E-state index contributed by atoms with van der Waals surface area (Å²) in [6.45, 7) is 8.66. The van der Waals surface area contributed by atoms with Crippen LogP contribution in [0.4, 0.5) is 5.69 Å². The zero-order valence-corrected chi connectivity index (χ0v) is 15.7. The molecule has 0 aromatic heterocycles. The van der Waals surface area contributed by atoms with Gasteiger partial charge in [-0.25, -0.2) is 0 Å². The Labute approximate surface area is 150 Å². The van der Waals surface area contributed by atoms with Gasteiger partial charge in [0, 0.05) is 24.2 Å². The number of hydrogen-bond donors (Lipinski definition) is 2. The van der Waals surface area contributed by atoms with Crippen molar-refractivity contribution in [2.75, 3.05) is 18.5 Å². The number of likely N-dealkylation sites (tertiary alicyclic amines) is 1. The summed E-state index contributed by atoms with van der Waals surface area (Å²) in [4.78, 5) is 26.6. The molecule has 1 aliphatic heterocycles. The van der Waals surface area contributed by atoms with E-state index in [-0.39, 0.29) is 24.5 Å². The van der Waals surface area contributed by atoms with Crippen LogP contribution in [0.1, 0.15) is 56.0 Å². The van der Waals surface area contributed by atoms with Crippen molar-refractivity contribution >= 4 is 17.5 Å². The average molecular weight is 346 g/mol. The summed E-state index contributed by atoms with van der Waals surface area (Å²) in [6, 6.07) is 5.25. The number of carbonyl (C=O) groups excluding carboxylic acids is 2. The molecule has 0 aliphatic carbocycles. The lowest BCUT2D eigenvalue weighted by Crippen LogP contribution is -2.49. The number of aliphatic hydroxyl groups is 1. The third kappa shape index (κ3) is 4.82. The summed E-state index contributed by atoms with van der Waals surface area (Å²) >= 11 is 0. The second-order valence-corrected chi connectivity index (χ2v) is 7.54. The predicted molar refractivity (Wildman–Crippen MR) is 99.6 cm³/mol. The van der Waals surface area contributed by atoms with E-state index < -0.39 is 0 Å². The monoisotopic (exact) mass is 346 g/mol. The predicted octanol–water partition coefficient (Wildman–Crippen LogP) is 3.21. The van der Waals surface area contributed by atoms with Crippen LogP contribution < -0.4 is 5.32 Å². The third-order valence-electron chi connectivity index (χ3n) is 4.90. The van der Waals surface area contributed by atoms with E-state index >= 15 is 0 Å². The van der Waals surface area contributed by atoms with Crippen LogP contribution in [0.2, 0.25) is 0 Å². The van der Waals surface area contributed by atoms with Gasteiger partial charge in [-0.1, -0.05) is 20.8 Å². The Balaban J connectivity index is 2.13. The number of carbonyl (C=O) groups is 2. The highest BCUT2D eigenvalue weighted by molar-refractivity contribution is 5.96. The fraction of sp³-hybridized carbons (Fsp3) is 0.600. The van der Waals surface area contributed by atoms with Crippen LogP contribution in [-0.4, -0.2) is 41.0 Å². The van der Waals surface area contributed by atoms with Gasteiger partial charge in [0.25, 0.3) is 5.91 Å². The topological polar surface area (TPSA) is 69.6 Å². The Kier molecular flexibility index (Phi) is 6.59. The van der Waals surface area contributed by atoms with E-state index in [1.807, 2.05) is 26.8 Å². The highest BCUT2D eigenvalue weighted by Gasteiger charge is 2.31. The highest BCUT2D eigenvalue weighted by Crippen LogP contribution is 2.26. The molecule has 5 heteroatoms. The molecule has 1 aromatic rings. The summed E-state index contributed by atoms with van der Waals surface area (Å²) in [5, 5.41) is 12.6. The lowest BCUT2D eigenvalue weighted by Gasteiger charge is -2.39. The molecule has 1 aliphatic rings. The van der Waals surface area contributed by atoms with Gasteiger partial charge >= 0.3 is 0 Å². The molecule has 2 rings (SSSR count). The zero-order chi connectivity index (χ0) is 18.6. The highest BCUT2D eigenvalue weighted by atomic mass is 16.3. The Hall–Kier alpha value is -1.88. The van der Waals surface area contributed by atoms with Crippen LogP contribution in [0, 0.1) is 18.8 Å². The van der Waals surface area contributed by atoms with Crippen LogP contribution in [0.5, 0.6) is 0 Å². The maximum atomic E-state index is 12.9. The van der Waals surface area contributed by atoms with Crippen molar-refractivity contribution in [1.29, 1.82) is 0 Å². The van der Waals surface area contributed by atoms with Gasteiger partial charge in [-0.15, -0.1) is 0 Å². The molecule has 2 N–H and O–H groups in total. The van der Waals surface area contributed by atoms with Crippen molar-refractivity contribution in [3.8, 4) is 0 Å². The van der Waals surface area contributed by atoms with Gasteiger partial charge in [-0.2, -0.15) is 0 Å². The second-order valence-electron chi connectivity index (χ2n) is 7.54. The molecule has 0 radical (unpaired) electrons. The van der Waals surface area contributed by atoms with Crippen molar-refractivity contribution in [3.63, 3.8) is 0 Å². The number of benzene rings is 1. The molecule has 1 saturated heterocycles. The minimum Gasteiger partial charge on any atom is -0.394 e. The normalized spacial score (nSPS) is 20.6. The average Bonchev–Trinajstić information content (AvgIpc) is 2.55. The smallest absolute Gasteiger partial charge is 0.254 e. The standard InChI is InChI=1S/C20H30N2O3/c1-13(2)10-19(24)21-17-8-7-16(11-15(17)4)20(25)22-9-5-6-14(3)18(22)12-23/h7-8,11,13-14,18,23H,5-6,9-10,12H2,1-4H3,(H,21,24). The van der Waals surface area contributed by atoms with E-state index in [9.17, 15) is 14.7 Å². The molecular formula is C20H30N2O3. The Morgan fingerprint density at radius 1 is 1.36 bits per heavy atom. The van der Waals surface area contributed by atoms with E-state index in [4.69, 9.17) is 0 Å². The number of rotatable bonds is 5. The van der Waals surface area contributed by atoms with Crippen LogP contribution in [-0.2, 0) is 4.79 Å². The van der Waals surface area contributed by atoms with E-state index in [0.29, 0.717) is 30.4 Å². The molecule has 138 valence electrons. The minimum absolute atomic E-state index is 0.00473. The number of nitrogens with one attached hydrogen (secondary N) is 1. The molecule has 0 saturated carbocycles. The van der Waals surface area contributed by atoms with Gasteiger partial charge in [0.05, 0.1) is 12.6 Å². The molecule has 1 heterocycles. The van der Waals surface area contributed by atoms with Crippen LogP contribution in [0.15, 0.2) is 18.2 Å². The lowest BCUT2D eigenvalue weighted by molar-refractivity contribution is -0.116. The number of aryl methyl sites for hydroxylation is 1. The first-order valence-electron chi connectivity index (χ1n) is 9.15. The van der Waals surface area contributed by atoms with Crippen molar-refractivity contribution < 1.29 is 14.7 Å². The molecule has 25 heavy (non-hydrogen) atoms. The van der Waals surface area contributed by atoms with Gasteiger partial charge < -0.3 is 15.3 Å². The number of amides is 2. The summed E-state index contributed by atoms with van der Waals surface area (Å²) in [5.41, 5.74) is 2.22. The van der Waals surface area contributed by atoms with Gasteiger partial charge in [-0.3, -0.25) is 9.59 Å². The van der Waals surface area contributed by atoms with Gasteiger partial charge in [0.1, 0.15) is 0 Å². The summed E-state index contributed by atoms with van der Waals surface area (Å²) < 4.78 is 0. The first kappa shape index (κ1) is 19.4. The van der Waals surface area contributed by atoms with Gasteiger partial charge in [-0.05, 0) is 55.4 Å². The van der Waals surface area contributed by atoms with E-state index in [1.165, 1.54) is 0 Å². The van der Waals surface area contributed by atoms with Gasteiger partial charge in [0.2, 0.25) is 5.91 Å². The van der Waals surface area contributed by atoms with E-state index in [0.717, 1.165) is 24.1 Å². The lowest BCUT2D eigenvalue weighted by atomic mass is 9.90. The van der Waals surface area contributed by atoms with Crippen molar-refractivity contribution in [1.82, 2.24) is 4.90 Å². The molecule has 0 spiro atoms. The fourth-order valence-electron chi connectivity index (χ4n) is 3.45. The van der Waals surface area contributed by atoms with E-state index in [1.54, 1.807) is 17.0 Å². The number of aliphatic hydroxyl groups excluding tert-OH is 1. The van der Waals surface area contributed by atoms with Crippen LogP contribution >= 0.6 is 0 Å². The largest absolute Gasteiger partial charge is 0.394 e. The van der Waals surface area contributed by atoms with Gasteiger partial charge in [0.15, 0.2) is 0 Å². The van der Waals surface area contributed by atoms with Crippen LogP contribution in [0.3, 0.4) is 0 Å². The first-order chi connectivity index (χ1) is 11.8. The molecule has 2 atom stereocenters. The Morgan fingerprint density at radius 3 is 2.68 bits per heavy atom. The molecule has 1 fully saturated rings. The summed E-state index contributed by atoms with van der Waals surface area (Å²) in [7, 11) is 0. The second kappa shape index (κ2) is 8.48. The summed E-state index contributed by atoms with van der Waals surface area (Å²) in [5.74, 6) is 0.548. The maximum Gasteiger partial charge on any atom is 0.254 e. The fourth-order valence-corrected chi connectivity index (χ4v) is 3.45.